The SMILES string of the molecule is COCCN(Cc1cccn1Cc1ccccc1Cl)C(=O)c1cccs1. The maximum absolute atomic E-state index is 12.8. The fourth-order valence-corrected chi connectivity index (χ4v) is 3.65. The van der Waals surface area contributed by atoms with Gasteiger partial charge in [0.05, 0.1) is 18.0 Å². The highest BCUT2D eigenvalue weighted by molar-refractivity contribution is 7.12. The quantitative estimate of drug-likeness (QED) is 0.567. The van der Waals surface area contributed by atoms with Crippen molar-refractivity contribution < 1.29 is 9.53 Å². The zero-order chi connectivity index (χ0) is 18.4. The molecule has 0 N–H and O–H groups in total. The first-order valence-corrected chi connectivity index (χ1v) is 9.64. The van der Waals surface area contributed by atoms with Gasteiger partial charge in [-0.3, -0.25) is 4.79 Å². The van der Waals surface area contributed by atoms with Crippen molar-refractivity contribution in [3.8, 4) is 0 Å². The predicted octanol–water partition coefficient (Wildman–Crippen LogP) is 4.54. The molecular formula is C20H21ClN2O2S. The van der Waals surface area contributed by atoms with Gasteiger partial charge in [0.2, 0.25) is 0 Å². The van der Waals surface area contributed by atoms with Crippen LogP contribution in [0.3, 0.4) is 0 Å². The van der Waals surface area contributed by atoms with E-state index in [-0.39, 0.29) is 5.91 Å². The second kappa shape index (κ2) is 9.03. The highest BCUT2D eigenvalue weighted by Crippen LogP contribution is 2.19. The third-order valence-corrected chi connectivity index (χ3v) is 5.39. The lowest BCUT2D eigenvalue weighted by Gasteiger charge is -2.23. The Morgan fingerprint density at radius 2 is 2.04 bits per heavy atom. The molecule has 0 saturated heterocycles. The van der Waals surface area contributed by atoms with Gasteiger partial charge in [-0.05, 0) is 35.2 Å². The van der Waals surface area contributed by atoms with Crippen molar-refractivity contribution in [2.24, 2.45) is 0 Å². The average Bonchev–Trinajstić information content (AvgIpc) is 3.32. The summed E-state index contributed by atoms with van der Waals surface area (Å²) in [6, 6.07) is 15.6. The third-order valence-electron chi connectivity index (χ3n) is 4.16. The molecule has 3 rings (SSSR count). The molecule has 0 saturated carbocycles. The number of methoxy groups -OCH3 is 1. The first kappa shape index (κ1) is 18.7. The summed E-state index contributed by atoms with van der Waals surface area (Å²) in [5.74, 6) is 0.0301. The molecule has 4 nitrogen and oxygen atoms in total. The number of carbonyl (C=O) groups is 1. The minimum Gasteiger partial charge on any atom is -0.383 e. The van der Waals surface area contributed by atoms with E-state index in [9.17, 15) is 4.79 Å². The number of thiophene rings is 1. The second-order valence-corrected chi connectivity index (χ2v) is 7.27. The number of amides is 1. The average molecular weight is 389 g/mol. The van der Waals surface area contributed by atoms with E-state index in [1.54, 1.807) is 7.11 Å². The number of halogens is 1. The highest BCUT2D eigenvalue weighted by Gasteiger charge is 2.18. The maximum Gasteiger partial charge on any atom is 0.264 e. The van der Waals surface area contributed by atoms with Gasteiger partial charge in [0.1, 0.15) is 0 Å². The fraction of sp³-hybridized carbons (Fsp3) is 0.250. The van der Waals surface area contributed by atoms with E-state index in [1.165, 1.54) is 11.3 Å². The van der Waals surface area contributed by atoms with E-state index >= 15 is 0 Å². The summed E-state index contributed by atoms with van der Waals surface area (Å²) in [6.45, 7) is 2.25. The maximum atomic E-state index is 12.8. The molecule has 0 aliphatic rings. The van der Waals surface area contributed by atoms with Crippen LogP contribution in [0.2, 0.25) is 5.02 Å². The monoisotopic (exact) mass is 388 g/mol. The Balaban J connectivity index is 1.78. The van der Waals surface area contributed by atoms with Crippen LogP contribution in [0.5, 0.6) is 0 Å². The van der Waals surface area contributed by atoms with Crippen molar-refractivity contribution in [2.75, 3.05) is 20.3 Å². The molecule has 0 bridgehead atoms. The number of hydrogen-bond acceptors (Lipinski definition) is 3. The molecule has 0 spiro atoms. The molecule has 2 heterocycles. The van der Waals surface area contributed by atoms with E-state index in [2.05, 4.69) is 4.57 Å². The van der Waals surface area contributed by atoms with Crippen LogP contribution in [0.4, 0.5) is 0 Å². The van der Waals surface area contributed by atoms with Crippen LogP contribution < -0.4 is 0 Å². The van der Waals surface area contributed by atoms with Gasteiger partial charge in [0.15, 0.2) is 0 Å². The lowest BCUT2D eigenvalue weighted by molar-refractivity contribution is 0.0681. The first-order chi connectivity index (χ1) is 12.7. The van der Waals surface area contributed by atoms with Gasteiger partial charge in [-0.1, -0.05) is 35.9 Å². The van der Waals surface area contributed by atoms with E-state index in [1.807, 2.05) is 65.0 Å². The summed E-state index contributed by atoms with van der Waals surface area (Å²) in [5.41, 5.74) is 2.12. The number of benzene rings is 1. The lowest BCUT2D eigenvalue weighted by Crippen LogP contribution is -2.33. The molecule has 6 heteroatoms. The number of nitrogens with zero attached hydrogens (tertiary/aromatic N) is 2. The first-order valence-electron chi connectivity index (χ1n) is 8.38. The molecule has 1 amide bonds. The van der Waals surface area contributed by atoms with Crippen LogP contribution in [0, 0.1) is 0 Å². The normalized spacial score (nSPS) is 10.8. The standard InChI is InChI=1S/C20H21ClN2O2S/c1-25-12-11-23(20(24)19-9-5-13-26-19)15-17-7-4-10-22(17)14-16-6-2-3-8-18(16)21/h2-10,13H,11-12,14-15H2,1H3. The number of hydrogen-bond donors (Lipinski definition) is 0. The summed E-state index contributed by atoms with van der Waals surface area (Å²) >= 11 is 7.75. The van der Waals surface area contributed by atoms with Gasteiger partial charge in [-0.25, -0.2) is 0 Å². The van der Waals surface area contributed by atoms with Crippen molar-refractivity contribution in [3.63, 3.8) is 0 Å². The van der Waals surface area contributed by atoms with Crippen molar-refractivity contribution in [3.05, 3.63) is 81.3 Å². The second-order valence-electron chi connectivity index (χ2n) is 5.92. The zero-order valence-corrected chi connectivity index (χ0v) is 16.2. The van der Waals surface area contributed by atoms with Gasteiger partial charge < -0.3 is 14.2 Å². The lowest BCUT2D eigenvalue weighted by atomic mass is 10.2. The minimum absolute atomic E-state index is 0.0301. The Morgan fingerprint density at radius 3 is 2.77 bits per heavy atom. The smallest absolute Gasteiger partial charge is 0.264 e. The highest BCUT2D eigenvalue weighted by atomic mass is 35.5. The van der Waals surface area contributed by atoms with Gasteiger partial charge in [-0.15, -0.1) is 11.3 Å². The van der Waals surface area contributed by atoms with Crippen LogP contribution in [0.25, 0.3) is 0 Å². The molecule has 0 fully saturated rings. The Bertz CT molecular complexity index is 845. The molecular weight excluding hydrogens is 368 g/mol. The van der Waals surface area contributed by atoms with Crippen molar-refractivity contribution in [2.45, 2.75) is 13.1 Å². The van der Waals surface area contributed by atoms with Gasteiger partial charge in [-0.2, -0.15) is 0 Å². The van der Waals surface area contributed by atoms with Crippen molar-refractivity contribution in [1.29, 1.82) is 0 Å². The van der Waals surface area contributed by atoms with Crippen LogP contribution in [0.15, 0.2) is 60.1 Å². The van der Waals surface area contributed by atoms with E-state index in [0.717, 1.165) is 21.2 Å². The Hall–Kier alpha value is -2.08. The molecule has 0 unspecified atom stereocenters. The van der Waals surface area contributed by atoms with E-state index in [4.69, 9.17) is 16.3 Å². The number of rotatable bonds is 8. The topological polar surface area (TPSA) is 34.5 Å². The zero-order valence-electron chi connectivity index (χ0n) is 14.6. The van der Waals surface area contributed by atoms with Gasteiger partial charge in [0, 0.05) is 37.1 Å². The van der Waals surface area contributed by atoms with Crippen LogP contribution in [0.1, 0.15) is 20.9 Å². The molecule has 3 aromatic rings. The molecule has 0 aliphatic heterocycles. The van der Waals surface area contributed by atoms with Crippen LogP contribution in [-0.2, 0) is 17.8 Å². The molecule has 1 aromatic carbocycles. The number of aromatic nitrogens is 1. The Kier molecular flexibility index (Phi) is 6.50. The van der Waals surface area contributed by atoms with Gasteiger partial charge >= 0.3 is 0 Å². The summed E-state index contributed by atoms with van der Waals surface area (Å²) in [7, 11) is 1.65. The minimum atomic E-state index is 0.0301. The summed E-state index contributed by atoms with van der Waals surface area (Å²) in [5, 5.41) is 2.67. The summed E-state index contributed by atoms with van der Waals surface area (Å²) < 4.78 is 7.31. The molecule has 0 radical (unpaired) electrons. The van der Waals surface area contributed by atoms with Gasteiger partial charge in [0.25, 0.3) is 5.91 Å². The molecule has 2 aromatic heterocycles. The van der Waals surface area contributed by atoms with Crippen molar-refractivity contribution in [1.82, 2.24) is 9.47 Å². The number of ether oxygens (including phenoxy) is 1. The van der Waals surface area contributed by atoms with Crippen LogP contribution in [-0.4, -0.2) is 35.6 Å². The van der Waals surface area contributed by atoms with E-state index in [0.29, 0.717) is 26.2 Å². The fourth-order valence-electron chi connectivity index (χ4n) is 2.76. The third kappa shape index (κ3) is 4.55. The molecule has 136 valence electrons. The molecule has 26 heavy (non-hydrogen) atoms. The largest absolute Gasteiger partial charge is 0.383 e. The van der Waals surface area contributed by atoms with E-state index < -0.39 is 0 Å². The molecule has 0 aliphatic carbocycles. The number of carbonyl (C=O) groups excluding carboxylic acids is 1. The Morgan fingerprint density at radius 1 is 1.19 bits per heavy atom. The van der Waals surface area contributed by atoms with Crippen LogP contribution >= 0.6 is 22.9 Å². The Labute approximate surface area is 162 Å². The predicted molar refractivity (Wildman–Crippen MR) is 106 cm³/mol. The summed E-state index contributed by atoms with van der Waals surface area (Å²) in [4.78, 5) is 15.4. The van der Waals surface area contributed by atoms with Crippen molar-refractivity contribution >= 4 is 28.8 Å². The molecule has 0 atom stereocenters. The summed E-state index contributed by atoms with van der Waals surface area (Å²) in [6.07, 6.45) is 2.02.